The molecule has 7 nitrogen and oxygen atoms in total. The zero-order chi connectivity index (χ0) is 21.7. The molecule has 1 atom stereocenters. The average molecular weight is 443 g/mol. The summed E-state index contributed by atoms with van der Waals surface area (Å²) in [6.45, 7) is 0.479. The summed E-state index contributed by atoms with van der Waals surface area (Å²) < 4.78 is 56.3. The maximum Gasteiger partial charge on any atom is 0.279 e. The zero-order valence-electron chi connectivity index (χ0n) is 16.1. The van der Waals surface area contributed by atoms with Gasteiger partial charge in [-0.3, -0.25) is 10.1 Å². The number of aromatic nitrogens is 4. The first-order valence-electron chi connectivity index (χ1n) is 9.08. The second kappa shape index (κ2) is 9.56. The molecule has 1 unspecified atom stereocenters. The number of H-pyrrole nitrogens is 1. The van der Waals surface area contributed by atoms with E-state index in [4.69, 9.17) is 5.41 Å². The fourth-order valence-electron chi connectivity index (χ4n) is 3.18. The van der Waals surface area contributed by atoms with E-state index in [0.717, 1.165) is 6.08 Å². The fourth-order valence-corrected chi connectivity index (χ4v) is 3.58. The number of halogens is 4. The van der Waals surface area contributed by atoms with Crippen LogP contribution in [0.25, 0.3) is 17.5 Å². The number of hydrogen-bond donors (Lipinski definition) is 3. The van der Waals surface area contributed by atoms with Gasteiger partial charge in [-0.2, -0.15) is 0 Å². The van der Waals surface area contributed by atoms with Crippen LogP contribution >= 0.6 is 11.9 Å². The van der Waals surface area contributed by atoms with Gasteiger partial charge in [-0.05, 0) is 24.3 Å². The molecule has 162 valence electrons. The Morgan fingerprint density at radius 1 is 1.43 bits per heavy atom. The molecule has 0 radical (unpaired) electrons. The molecule has 0 saturated carbocycles. The Bertz CT molecular complexity index is 902. The molecule has 1 aliphatic rings. The first-order valence-corrected chi connectivity index (χ1v) is 10.3. The lowest BCUT2D eigenvalue weighted by Gasteiger charge is -2.38. The van der Waals surface area contributed by atoms with Crippen molar-refractivity contribution < 1.29 is 17.6 Å². The predicted octanol–water partition coefficient (Wildman–Crippen LogP) is 3.49. The molecule has 0 amide bonds. The first kappa shape index (κ1) is 22.2. The number of alkyl halides is 4. The monoisotopic (exact) mass is 443 g/mol. The number of nitrogens with one attached hydrogen (secondary N) is 3. The highest BCUT2D eigenvalue weighted by Crippen LogP contribution is 2.33. The molecule has 2 aromatic heterocycles. The summed E-state index contributed by atoms with van der Waals surface area (Å²) in [5.74, 6) is -2.41. The van der Waals surface area contributed by atoms with E-state index in [1.165, 1.54) is 30.5 Å². The van der Waals surface area contributed by atoms with Crippen LogP contribution < -0.4 is 9.62 Å². The van der Waals surface area contributed by atoms with E-state index in [1.807, 2.05) is 6.26 Å². The molecule has 0 spiro atoms. The highest BCUT2D eigenvalue weighted by molar-refractivity contribution is 7.96. The van der Waals surface area contributed by atoms with Gasteiger partial charge in [-0.15, -0.1) is 0 Å². The van der Waals surface area contributed by atoms with Crippen LogP contribution in [-0.2, 0) is 0 Å². The van der Waals surface area contributed by atoms with E-state index in [1.54, 1.807) is 11.0 Å². The van der Waals surface area contributed by atoms with Gasteiger partial charge in [0.25, 0.3) is 12.3 Å². The maximum absolute atomic E-state index is 14.2. The minimum absolute atomic E-state index is 0.182. The summed E-state index contributed by atoms with van der Waals surface area (Å²) in [4.78, 5) is 16.8. The van der Waals surface area contributed by atoms with E-state index in [0.29, 0.717) is 30.3 Å². The SMILES string of the molecule is CSNCC1CN(c2cc(-c3cnc(/C=C\C(=N)C(F)F)[nH]3)ncn2)CC(F)(F)C1. The minimum Gasteiger partial charge on any atom is -0.350 e. The van der Waals surface area contributed by atoms with Crippen LogP contribution in [0.2, 0.25) is 0 Å². The number of hydrogen-bond acceptors (Lipinski definition) is 7. The number of nitrogens with zero attached hydrogens (tertiary/aromatic N) is 4. The third-order valence-corrected chi connectivity index (χ3v) is 4.96. The number of piperidine rings is 1. The topological polar surface area (TPSA) is 93.6 Å². The largest absolute Gasteiger partial charge is 0.350 e. The molecule has 0 aliphatic carbocycles. The quantitative estimate of drug-likeness (QED) is 0.329. The van der Waals surface area contributed by atoms with E-state index in [-0.39, 0.29) is 18.2 Å². The van der Waals surface area contributed by atoms with Crippen LogP contribution in [0, 0.1) is 11.3 Å². The Labute approximate surface area is 175 Å². The molecule has 0 bridgehead atoms. The summed E-state index contributed by atoms with van der Waals surface area (Å²) in [6.07, 6.45) is 3.76. The third kappa shape index (κ3) is 5.79. The Balaban J connectivity index is 1.77. The normalized spacial score (nSPS) is 19.0. The first-order chi connectivity index (χ1) is 14.3. The Morgan fingerprint density at radius 2 is 2.23 bits per heavy atom. The fraction of sp³-hybridized carbons (Fsp3) is 0.444. The summed E-state index contributed by atoms with van der Waals surface area (Å²) in [5.41, 5.74) is 0.0869. The van der Waals surface area contributed by atoms with Crippen molar-refractivity contribution in [3.63, 3.8) is 0 Å². The predicted molar refractivity (Wildman–Crippen MR) is 109 cm³/mol. The van der Waals surface area contributed by atoms with Crippen molar-refractivity contribution >= 4 is 29.6 Å². The molecular weight excluding hydrogens is 422 g/mol. The smallest absolute Gasteiger partial charge is 0.279 e. The van der Waals surface area contributed by atoms with Crippen LogP contribution in [-0.4, -0.2) is 63.9 Å². The lowest BCUT2D eigenvalue weighted by molar-refractivity contribution is -0.0283. The van der Waals surface area contributed by atoms with Gasteiger partial charge < -0.3 is 9.88 Å². The van der Waals surface area contributed by atoms with Gasteiger partial charge in [0.05, 0.1) is 29.8 Å². The molecule has 2 aromatic rings. The van der Waals surface area contributed by atoms with Gasteiger partial charge in [0, 0.05) is 25.6 Å². The van der Waals surface area contributed by atoms with Crippen molar-refractivity contribution in [1.29, 1.82) is 5.41 Å². The summed E-state index contributed by atoms with van der Waals surface area (Å²) >= 11 is 1.39. The molecule has 1 saturated heterocycles. The Kier molecular flexibility index (Phi) is 7.08. The molecule has 3 N–H and O–H groups in total. The van der Waals surface area contributed by atoms with Crippen molar-refractivity contribution in [3.8, 4) is 11.4 Å². The van der Waals surface area contributed by atoms with Crippen LogP contribution in [0.1, 0.15) is 12.2 Å². The molecule has 0 aromatic carbocycles. The summed E-state index contributed by atoms with van der Waals surface area (Å²) in [7, 11) is 0. The minimum atomic E-state index is -2.86. The van der Waals surface area contributed by atoms with Gasteiger partial charge in [0.15, 0.2) is 0 Å². The van der Waals surface area contributed by atoms with Crippen molar-refractivity contribution in [2.45, 2.75) is 18.8 Å². The van der Waals surface area contributed by atoms with Crippen molar-refractivity contribution in [3.05, 3.63) is 30.5 Å². The molecule has 12 heteroatoms. The van der Waals surface area contributed by atoms with Crippen LogP contribution in [0.3, 0.4) is 0 Å². The molecular formula is C18H21F4N7S. The zero-order valence-corrected chi connectivity index (χ0v) is 16.9. The molecule has 1 aliphatic heterocycles. The highest BCUT2D eigenvalue weighted by Gasteiger charge is 2.40. The molecule has 30 heavy (non-hydrogen) atoms. The van der Waals surface area contributed by atoms with Crippen molar-refractivity contribution in [2.24, 2.45) is 5.92 Å². The summed E-state index contributed by atoms with van der Waals surface area (Å²) in [6, 6.07) is 1.59. The highest BCUT2D eigenvalue weighted by atomic mass is 32.2. The number of aromatic amines is 1. The van der Waals surface area contributed by atoms with Crippen LogP contribution in [0.15, 0.2) is 24.7 Å². The number of rotatable bonds is 8. The van der Waals surface area contributed by atoms with Crippen LogP contribution in [0.4, 0.5) is 23.4 Å². The molecule has 1 fully saturated rings. The lowest BCUT2D eigenvalue weighted by atomic mass is 9.95. The Hall–Kier alpha value is -2.47. The number of imidazole rings is 1. The number of allylic oxidation sites excluding steroid dienone is 1. The van der Waals surface area contributed by atoms with Gasteiger partial charge in [0.2, 0.25) is 0 Å². The molecule has 3 heterocycles. The van der Waals surface area contributed by atoms with E-state index in [9.17, 15) is 17.6 Å². The third-order valence-electron chi connectivity index (χ3n) is 4.51. The van der Waals surface area contributed by atoms with Crippen molar-refractivity contribution in [2.75, 3.05) is 30.8 Å². The molecule has 3 rings (SSSR count). The Morgan fingerprint density at radius 3 is 2.97 bits per heavy atom. The lowest BCUT2D eigenvalue weighted by Crippen LogP contribution is -2.49. The van der Waals surface area contributed by atoms with E-state index >= 15 is 0 Å². The van der Waals surface area contributed by atoms with Gasteiger partial charge in [-0.25, -0.2) is 32.5 Å². The second-order valence-corrected chi connectivity index (χ2v) is 7.59. The summed E-state index contributed by atoms with van der Waals surface area (Å²) in [5, 5.41) is 7.12. The van der Waals surface area contributed by atoms with Crippen LogP contribution in [0.5, 0.6) is 0 Å². The number of anilines is 1. The van der Waals surface area contributed by atoms with Crippen molar-refractivity contribution in [1.82, 2.24) is 24.7 Å². The van der Waals surface area contributed by atoms with Gasteiger partial charge in [-0.1, -0.05) is 11.9 Å². The standard InChI is InChI=1S/C18H21F4N7S/c1-30-27-6-11-5-18(21,22)9-29(8-11)16-4-13(25-10-26-16)14-7-24-15(28-14)3-2-12(23)17(19)20/h2-4,7,10-11,17,23,27H,5-6,8-9H2,1H3,(H,24,28)/b3-2-,23-12?. The van der Waals surface area contributed by atoms with E-state index < -0.39 is 24.6 Å². The maximum atomic E-state index is 14.2. The van der Waals surface area contributed by atoms with E-state index in [2.05, 4.69) is 24.7 Å². The van der Waals surface area contributed by atoms with Gasteiger partial charge >= 0.3 is 0 Å². The van der Waals surface area contributed by atoms with Gasteiger partial charge in [0.1, 0.15) is 18.0 Å². The second-order valence-electron chi connectivity index (χ2n) is 6.89. The average Bonchev–Trinajstić information content (AvgIpc) is 3.18.